The zero-order valence-electron chi connectivity index (χ0n) is 8.45. The smallest absolute Gasteiger partial charge is 0.0433 e. The van der Waals surface area contributed by atoms with Crippen molar-refractivity contribution in [2.24, 2.45) is 11.8 Å². The summed E-state index contributed by atoms with van der Waals surface area (Å²) in [6.45, 7) is 2.63. The molecule has 3 N–H and O–H groups in total. The number of aliphatic hydroxyl groups excluding tert-OH is 3. The fraction of sp³-hybridized carbons (Fsp3) is 1.00. The van der Waals surface area contributed by atoms with Gasteiger partial charge in [-0.3, -0.25) is 0 Å². The van der Waals surface area contributed by atoms with E-state index in [9.17, 15) is 0 Å². The van der Waals surface area contributed by atoms with Crippen LogP contribution in [0.2, 0.25) is 0 Å². The first-order valence-electron chi connectivity index (χ1n) is 5.12. The van der Waals surface area contributed by atoms with Gasteiger partial charge in [0.1, 0.15) is 0 Å². The van der Waals surface area contributed by atoms with Crippen LogP contribution in [-0.2, 0) is 0 Å². The first-order valence-corrected chi connectivity index (χ1v) is 5.12. The van der Waals surface area contributed by atoms with Crippen molar-refractivity contribution < 1.29 is 15.3 Å². The van der Waals surface area contributed by atoms with Gasteiger partial charge in [-0.25, -0.2) is 0 Å². The third-order valence-electron chi connectivity index (χ3n) is 2.69. The molecule has 0 radical (unpaired) electrons. The molecule has 0 aliphatic carbocycles. The molecule has 0 aromatic rings. The second-order valence-corrected chi connectivity index (χ2v) is 3.47. The third-order valence-corrected chi connectivity index (χ3v) is 2.69. The average Bonchev–Trinajstić information content (AvgIpc) is 2.14. The quantitative estimate of drug-likeness (QED) is 0.530. The van der Waals surface area contributed by atoms with Gasteiger partial charge in [-0.15, -0.1) is 0 Å². The van der Waals surface area contributed by atoms with Crippen molar-refractivity contribution in [1.82, 2.24) is 0 Å². The zero-order valence-corrected chi connectivity index (χ0v) is 8.45. The molecule has 80 valence electrons. The molecule has 0 saturated heterocycles. The Labute approximate surface area is 80.4 Å². The molecule has 0 aromatic heterocycles. The van der Waals surface area contributed by atoms with E-state index in [0.29, 0.717) is 11.8 Å². The monoisotopic (exact) mass is 190 g/mol. The summed E-state index contributed by atoms with van der Waals surface area (Å²) >= 11 is 0. The lowest BCUT2D eigenvalue weighted by molar-refractivity contribution is 0.149. The first kappa shape index (κ1) is 12.9. The normalized spacial score (nSPS) is 13.6. The predicted octanol–water partition coefficient (Wildman–Crippen LogP) is 0.776. The molecule has 0 fully saturated rings. The fourth-order valence-corrected chi connectivity index (χ4v) is 1.89. The van der Waals surface area contributed by atoms with Crippen molar-refractivity contribution in [3.8, 4) is 0 Å². The summed E-state index contributed by atoms with van der Waals surface area (Å²) in [5.74, 6) is 0.788. The molecular formula is C10H22O3. The molecule has 0 rings (SSSR count). The minimum Gasteiger partial charge on any atom is -0.396 e. The molecule has 0 saturated carbocycles. The van der Waals surface area contributed by atoms with Gasteiger partial charge in [0.05, 0.1) is 0 Å². The summed E-state index contributed by atoms with van der Waals surface area (Å²) in [7, 11) is 0. The molecular weight excluding hydrogens is 168 g/mol. The minimum atomic E-state index is 0.173. The largest absolute Gasteiger partial charge is 0.396 e. The summed E-state index contributed by atoms with van der Waals surface area (Å²) in [6.07, 6.45) is 3.25. The summed E-state index contributed by atoms with van der Waals surface area (Å²) in [5, 5.41) is 26.5. The molecule has 0 heterocycles. The molecule has 0 aromatic carbocycles. The van der Waals surface area contributed by atoms with E-state index in [4.69, 9.17) is 15.3 Å². The molecule has 0 bridgehead atoms. The number of aliphatic hydroxyl groups is 3. The van der Waals surface area contributed by atoms with E-state index < -0.39 is 0 Å². The first-order chi connectivity index (χ1) is 6.29. The highest BCUT2D eigenvalue weighted by atomic mass is 16.3. The lowest BCUT2D eigenvalue weighted by Gasteiger charge is -2.24. The lowest BCUT2D eigenvalue weighted by atomic mass is 9.83. The van der Waals surface area contributed by atoms with Crippen molar-refractivity contribution in [3.63, 3.8) is 0 Å². The van der Waals surface area contributed by atoms with E-state index in [-0.39, 0.29) is 19.8 Å². The van der Waals surface area contributed by atoms with Crippen LogP contribution >= 0.6 is 0 Å². The van der Waals surface area contributed by atoms with Crippen LogP contribution in [0.5, 0.6) is 0 Å². The van der Waals surface area contributed by atoms with Crippen LogP contribution in [0.3, 0.4) is 0 Å². The Morgan fingerprint density at radius 2 is 1.15 bits per heavy atom. The minimum absolute atomic E-state index is 0.173. The molecule has 3 heteroatoms. The van der Waals surface area contributed by atoms with Gasteiger partial charge in [-0.05, 0) is 31.1 Å². The summed E-state index contributed by atoms with van der Waals surface area (Å²) < 4.78 is 0. The van der Waals surface area contributed by atoms with Crippen LogP contribution in [0.1, 0.15) is 32.6 Å². The van der Waals surface area contributed by atoms with Crippen LogP contribution in [0.25, 0.3) is 0 Å². The van der Waals surface area contributed by atoms with Crippen molar-refractivity contribution >= 4 is 0 Å². The van der Waals surface area contributed by atoms with Gasteiger partial charge < -0.3 is 15.3 Å². The molecule has 1 atom stereocenters. The highest BCUT2D eigenvalue weighted by molar-refractivity contribution is 4.68. The Balaban J connectivity index is 3.94. The van der Waals surface area contributed by atoms with Gasteiger partial charge in [0.2, 0.25) is 0 Å². The van der Waals surface area contributed by atoms with E-state index in [2.05, 4.69) is 6.92 Å². The van der Waals surface area contributed by atoms with Crippen molar-refractivity contribution in [2.45, 2.75) is 32.6 Å². The van der Waals surface area contributed by atoms with E-state index in [1.54, 1.807) is 0 Å². The maximum absolute atomic E-state index is 8.83. The van der Waals surface area contributed by atoms with Crippen molar-refractivity contribution in [1.29, 1.82) is 0 Å². The Morgan fingerprint density at radius 1 is 0.769 bits per heavy atom. The number of rotatable bonds is 8. The van der Waals surface area contributed by atoms with Crippen LogP contribution in [-0.4, -0.2) is 35.1 Å². The molecule has 3 nitrogen and oxygen atoms in total. The zero-order chi connectivity index (χ0) is 10.1. The number of hydrogen-bond acceptors (Lipinski definition) is 3. The molecule has 0 amide bonds. The Morgan fingerprint density at radius 3 is 1.46 bits per heavy atom. The van der Waals surface area contributed by atoms with Gasteiger partial charge in [-0.1, -0.05) is 13.3 Å². The average molecular weight is 190 g/mol. The van der Waals surface area contributed by atoms with E-state index in [1.807, 2.05) is 0 Å². The summed E-state index contributed by atoms with van der Waals surface area (Å²) in [5.41, 5.74) is 0. The van der Waals surface area contributed by atoms with Crippen molar-refractivity contribution in [3.05, 3.63) is 0 Å². The van der Waals surface area contributed by atoms with Crippen LogP contribution < -0.4 is 0 Å². The summed E-state index contributed by atoms with van der Waals surface area (Å²) in [4.78, 5) is 0. The van der Waals surface area contributed by atoms with Crippen molar-refractivity contribution in [2.75, 3.05) is 19.8 Å². The van der Waals surface area contributed by atoms with Gasteiger partial charge in [0, 0.05) is 19.8 Å². The molecule has 0 aliphatic rings. The maximum atomic E-state index is 8.83. The number of hydrogen-bond donors (Lipinski definition) is 3. The Kier molecular flexibility index (Phi) is 8.40. The van der Waals surface area contributed by atoms with Gasteiger partial charge in [0.15, 0.2) is 0 Å². The van der Waals surface area contributed by atoms with Gasteiger partial charge in [-0.2, -0.15) is 0 Å². The highest BCUT2D eigenvalue weighted by Gasteiger charge is 2.18. The summed E-state index contributed by atoms with van der Waals surface area (Å²) in [6, 6.07) is 0. The standard InChI is InChI=1S/C10H22O3/c1-2-9(3-6-11)10(4-7-12)5-8-13/h9-13H,2-8H2,1H3. The second kappa shape index (κ2) is 8.48. The highest BCUT2D eigenvalue weighted by Crippen LogP contribution is 2.25. The van der Waals surface area contributed by atoms with Gasteiger partial charge >= 0.3 is 0 Å². The predicted molar refractivity (Wildman–Crippen MR) is 52.4 cm³/mol. The molecule has 0 spiro atoms. The van der Waals surface area contributed by atoms with E-state index in [1.165, 1.54) is 0 Å². The van der Waals surface area contributed by atoms with Crippen LogP contribution in [0.4, 0.5) is 0 Å². The maximum Gasteiger partial charge on any atom is 0.0433 e. The Hall–Kier alpha value is -0.120. The van der Waals surface area contributed by atoms with Crippen LogP contribution in [0, 0.1) is 11.8 Å². The second-order valence-electron chi connectivity index (χ2n) is 3.47. The molecule has 0 aliphatic heterocycles. The Bertz CT molecular complexity index is 100. The van der Waals surface area contributed by atoms with Crippen LogP contribution in [0.15, 0.2) is 0 Å². The molecule has 13 heavy (non-hydrogen) atoms. The van der Waals surface area contributed by atoms with E-state index in [0.717, 1.165) is 25.7 Å². The van der Waals surface area contributed by atoms with E-state index >= 15 is 0 Å². The third kappa shape index (κ3) is 5.24. The topological polar surface area (TPSA) is 60.7 Å². The lowest BCUT2D eigenvalue weighted by Crippen LogP contribution is -2.18. The SMILES string of the molecule is CCC(CCO)C(CCO)CCO. The fourth-order valence-electron chi connectivity index (χ4n) is 1.89. The molecule has 1 unspecified atom stereocenters. The van der Waals surface area contributed by atoms with Gasteiger partial charge in [0.25, 0.3) is 0 Å².